The van der Waals surface area contributed by atoms with Crippen molar-refractivity contribution in [2.75, 3.05) is 11.9 Å². The fourth-order valence-corrected chi connectivity index (χ4v) is 4.05. The van der Waals surface area contributed by atoms with Crippen molar-refractivity contribution in [3.8, 4) is 11.3 Å². The van der Waals surface area contributed by atoms with E-state index in [9.17, 15) is 18.0 Å². The number of halogens is 3. The SMILES string of the molecule is CN(C(=O)C1(C)CCC1C1=CC=CC=CN1)c1cc(-c2ccc(C(F)(F)F)nc2)ncn1. The Morgan fingerprint density at radius 3 is 2.66 bits per heavy atom. The number of pyridine rings is 1. The van der Waals surface area contributed by atoms with Gasteiger partial charge in [0.05, 0.1) is 11.1 Å². The molecule has 0 bridgehead atoms. The lowest BCUT2D eigenvalue weighted by Gasteiger charge is -2.48. The second-order valence-electron chi connectivity index (χ2n) is 8.07. The average molecular weight is 441 g/mol. The molecule has 1 saturated carbocycles. The molecule has 1 N–H and O–H groups in total. The number of aromatic nitrogens is 3. The van der Waals surface area contributed by atoms with Gasteiger partial charge in [-0.25, -0.2) is 9.97 Å². The molecule has 2 unspecified atom stereocenters. The number of carbonyl (C=O) groups is 1. The highest BCUT2D eigenvalue weighted by molar-refractivity contribution is 5.97. The van der Waals surface area contributed by atoms with Crippen molar-refractivity contribution in [1.82, 2.24) is 20.3 Å². The summed E-state index contributed by atoms with van der Waals surface area (Å²) in [5, 5.41) is 3.25. The minimum Gasteiger partial charge on any atom is -0.365 e. The summed E-state index contributed by atoms with van der Waals surface area (Å²) in [6.45, 7) is 1.95. The van der Waals surface area contributed by atoms with Crippen LogP contribution in [0.25, 0.3) is 11.3 Å². The number of hydrogen-bond acceptors (Lipinski definition) is 5. The van der Waals surface area contributed by atoms with Crippen molar-refractivity contribution < 1.29 is 18.0 Å². The first-order chi connectivity index (χ1) is 15.2. The Bertz CT molecular complexity index is 1110. The molecule has 2 aromatic rings. The van der Waals surface area contributed by atoms with Crippen LogP contribution in [0, 0.1) is 11.3 Å². The van der Waals surface area contributed by atoms with E-state index >= 15 is 0 Å². The minimum atomic E-state index is -4.51. The van der Waals surface area contributed by atoms with Gasteiger partial charge in [-0.05, 0) is 37.1 Å². The first-order valence-electron chi connectivity index (χ1n) is 10.1. The molecule has 1 fully saturated rings. The maximum atomic E-state index is 13.4. The number of amides is 1. The number of carbonyl (C=O) groups excluding carboxylic acids is 1. The van der Waals surface area contributed by atoms with Gasteiger partial charge in [0, 0.05) is 42.7 Å². The Kier molecular flexibility index (Phi) is 5.58. The molecule has 0 saturated heterocycles. The normalized spacial score (nSPS) is 22.4. The average Bonchev–Trinajstić information content (AvgIpc) is 3.05. The van der Waals surface area contributed by atoms with Crippen LogP contribution in [-0.4, -0.2) is 27.9 Å². The second kappa shape index (κ2) is 8.22. The molecule has 2 atom stereocenters. The van der Waals surface area contributed by atoms with Crippen molar-refractivity contribution in [3.05, 3.63) is 72.6 Å². The molecule has 0 radical (unpaired) electrons. The molecule has 1 aliphatic heterocycles. The monoisotopic (exact) mass is 441 g/mol. The van der Waals surface area contributed by atoms with E-state index in [1.165, 1.54) is 17.3 Å². The van der Waals surface area contributed by atoms with Gasteiger partial charge in [0.2, 0.25) is 5.91 Å². The van der Waals surface area contributed by atoms with Crippen LogP contribution >= 0.6 is 0 Å². The molecular formula is C23H22F3N5O. The van der Waals surface area contributed by atoms with Crippen LogP contribution in [-0.2, 0) is 11.0 Å². The van der Waals surface area contributed by atoms with Crippen LogP contribution < -0.4 is 10.2 Å². The summed E-state index contributed by atoms with van der Waals surface area (Å²) in [6, 6.07) is 3.79. The summed E-state index contributed by atoms with van der Waals surface area (Å²) in [6.07, 6.45) is 9.11. The number of allylic oxidation sites excluding steroid dienone is 5. The fraction of sp³-hybridized carbons (Fsp3) is 0.304. The summed E-state index contributed by atoms with van der Waals surface area (Å²) in [5.74, 6) is 0.337. The van der Waals surface area contributed by atoms with Crippen LogP contribution in [0.5, 0.6) is 0 Å². The Balaban J connectivity index is 1.55. The Morgan fingerprint density at radius 2 is 2.00 bits per heavy atom. The van der Waals surface area contributed by atoms with Gasteiger partial charge in [-0.2, -0.15) is 13.2 Å². The predicted octanol–water partition coefficient (Wildman–Crippen LogP) is 4.49. The number of alkyl halides is 3. The summed E-state index contributed by atoms with van der Waals surface area (Å²) in [5.41, 5.74) is 0.208. The third-order valence-corrected chi connectivity index (χ3v) is 6.08. The van der Waals surface area contributed by atoms with E-state index in [1.54, 1.807) is 13.1 Å². The third kappa shape index (κ3) is 4.02. The molecule has 9 heteroatoms. The Hall–Kier alpha value is -3.49. The van der Waals surface area contributed by atoms with E-state index < -0.39 is 17.3 Å². The highest BCUT2D eigenvalue weighted by atomic mass is 19.4. The van der Waals surface area contributed by atoms with Gasteiger partial charge < -0.3 is 5.32 Å². The topological polar surface area (TPSA) is 71.0 Å². The van der Waals surface area contributed by atoms with E-state index in [2.05, 4.69) is 20.3 Å². The number of anilines is 1. The summed E-state index contributed by atoms with van der Waals surface area (Å²) in [7, 11) is 1.65. The molecule has 0 aromatic carbocycles. The van der Waals surface area contributed by atoms with E-state index in [1.807, 2.05) is 37.4 Å². The van der Waals surface area contributed by atoms with Crippen molar-refractivity contribution in [2.45, 2.75) is 25.9 Å². The van der Waals surface area contributed by atoms with Crippen LogP contribution in [0.3, 0.4) is 0 Å². The molecule has 4 rings (SSSR count). The Labute approximate surface area is 183 Å². The van der Waals surface area contributed by atoms with Crippen LogP contribution in [0.1, 0.15) is 25.5 Å². The number of nitrogens with zero attached hydrogens (tertiary/aromatic N) is 4. The molecule has 2 aromatic heterocycles. The molecule has 2 aliphatic rings. The van der Waals surface area contributed by atoms with Crippen molar-refractivity contribution in [2.24, 2.45) is 11.3 Å². The number of hydrogen-bond donors (Lipinski definition) is 1. The van der Waals surface area contributed by atoms with Gasteiger partial charge in [-0.15, -0.1) is 0 Å². The zero-order chi connectivity index (χ0) is 22.9. The maximum Gasteiger partial charge on any atom is 0.433 e. The second-order valence-corrected chi connectivity index (χ2v) is 8.07. The lowest BCUT2D eigenvalue weighted by Crippen LogP contribution is -2.52. The smallest absolute Gasteiger partial charge is 0.365 e. The first-order valence-corrected chi connectivity index (χ1v) is 10.1. The quantitative estimate of drug-likeness (QED) is 0.757. The minimum absolute atomic E-state index is 0.0465. The van der Waals surface area contributed by atoms with Crippen molar-refractivity contribution >= 4 is 11.7 Å². The molecule has 1 aliphatic carbocycles. The predicted molar refractivity (Wildman–Crippen MR) is 114 cm³/mol. The standard InChI is InChI=1S/C23H22F3N5O/c1-22(10-9-16(22)17-6-4-3-5-11-27-17)21(32)31(2)20-12-18(29-14-30-20)15-7-8-19(28-13-15)23(24,25)26/h3-8,11-14,16,27H,9-10H2,1-2H3. The van der Waals surface area contributed by atoms with Gasteiger partial charge in [0.1, 0.15) is 17.8 Å². The zero-order valence-corrected chi connectivity index (χ0v) is 17.6. The molecule has 1 amide bonds. The van der Waals surface area contributed by atoms with Crippen LogP contribution in [0.15, 0.2) is 66.9 Å². The molecule has 32 heavy (non-hydrogen) atoms. The highest BCUT2D eigenvalue weighted by Gasteiger charge is 2.51. The summed E-state index contributed by atoms with van der Waals surface area (Å²) < 4.78 is 38.3. The number of nitrogens with one attached hydrogen (secondary N) is 1. The Morgan fingerprint density at radius 1 is 1.19 bits per heavy atom. The van der Waals surface area contributed by atoms with E-state index in [0.717, 1.165) is 30.8 Å². The van der Waals surface area contributed by atoms with E-state index in [-0.39, 0.29) is 11.8 Å². The van der Waals surface area contributed by atoms with E-state index in [4.69, 9.17) is 0 Å². The molecule has 0 spiro atoms. The van der Waals surface area contributed by atoms with Crippen molar-refractivity contribution in [3.63, 3.8) is 0 Å². The summed E-state index contributed by atoms with van der Waals surface area (Å²) in [4.78, 5) is 26.7. The lowest BCUT2D eigenvalue weighted by molar-refractivity contribution is -0.141. The van der Waals surface area contributed by atoms with Crippen LogP contribution in [0.2, 0.25) is 0 Å². The van der Waals surface area contributed by atoms with Crippen LogP contribution in [0.4, 0.5) is 19.0 Å². The first kappa shape index (κ1) is 21.7. The third-order valence-electron chi connectivity index (χ3n) is 6.08. The summed E-state index contributed by atoms with van der Waals surface area (Å²) >= 11 is 0. The van der Waals surface area contributed by atoms with Gasteiger partial charge >= 0.3 is 6.18 Å². The molecule has 3 heterocycles. The van der Waals surface area contributed by atoms with Gasteiger partial charge in [0.25, 0.3) is 0 Å². The van der Waals surface area contributed by atoms with E-state index in [0.29, 0.717) is 17.1 Å². The lowest BCUT2D eigenvalue weighted by atomic mass is 9.59. The van der Waals surface area contributed by atoms with Gasteiger partial charge in [0.15, 0.2) is 0 Å². The molecule has 166 valence electrons. The fourth-order valence-electron chi connectivity index (χ4n) is 4.05. The van der Waals surface area contributed by atoms with Crippen molar-refractivity contribution in [1.29, 1.82) is 0 Å². The zero-order valence-electron chi connectivity index (χ0n) is 17.6. The highest BCUT2D eigenvalue weighted by Crippen LogP contribution is 2.51. The van der Waals surface area contributed by atoms with Gasteiger partial charge in [-0.3, -0.25) is 14.7 Å². The number of rotatable bonds is 4. The molecule has 6 nitrogen and oxygen atoms in total. The molecular weight excluding hydrogens is 419 g/mol. The van der Waals surface area contributed by atoms with Gasteiger partial charge in [-0.1, -0.05) is 19.1 Å². The largest absolute Gasteiger partial charge is 0.433 e. The maximum absolute atomic E-state index is 13.4.